The molecule has 1 amide bonds. The number of rotatable bonds is 2. The van der Waals surface area contributed by atoms with E-state index < -0.39 is 17.2 Å². The minimum absolute atomic E-state index is 0.203. The highest BCUT2D eigenvalue weighted by molar-refractivity contribution is 5.69. The van der Waals surface area contributed by atoms with Gasteiger partial charge in [0.25, 0.3) is 0 Å². The summed E-state index contributed by atoms with van der Waals surface area (Å²) in [5.74, 6) is 0. The maximum Gasteiger partial charge on any atom is 0.408 e. The number of hydrogen-bond donors (Lipinski definition) is 1. The predicted molar refractivity (Wildman–Crippen MR) is 71.2 cm³/mol. The maximum absolute atomic E-state index is 11.9. The molecule has 1 fully saturated rings. The van der Waals surface area contributed by atoms with E-state index in [9.17, 15) is 4.79 Å². The fourth-order valence-electron chi connectivity index (χ4n) is 2.46. The van der Waals surface area contributed by atoms with Gasteiger partial charge in [0.1, 0.15) is 11.1 Å². The summed E-state index contributed by atoms with van der Waals surface area (Å²) in [4.78, 5) is 15.5. The van der Waals surface area contributed by atoms with E-state index >= 15 is 0 Å². The highest BCUT2D eigenvalue weighted by Crippen LogP contribution is 2.33. The minimum atomic E-state index is -0.499. The zero-order valence-electron chi connectivity index (χ0n) is 11.9. The van der Waals surface area contributed by atoms with Crippen LogP contribution in [0.1, 0.15) is 59.8 Å². The normalized spacial score (nSPS) is 20.6. The standard InChI is InChI=1S/C14H24N2O2/c1-11(15-5)14(9-7-6-8-10-14)16-12(17)18-13(2,3)4/h11H,6-10H2,1-4H3,(H,16,17). The van der Waals surface area contributed by atoms with Crippen molar-refractivity contribution in [1.29, 1.82) is 0 Å². The van der Waals surface area contributed by atoms with Crippen LogP contribution < -0.4 is 5.32 Å². The second kappa shape index (κ2) is 5.60. The SMILES string of the molecule is [C-]#[N+]C(C)C1(NC(=O)OC(C)(C)C)CCCCC1. The van der Waals surface area contributed by atoms with Gasteiger partial charge < -0.3 is 14.9 Å². The lowest BCUT2D eigenvalue weighted by atomic mass is 9.77. The number of nitrogens with zero attached hydrogens (tertiary/aromatic N) is 1. The molecule has 18 heavy (non-hydrogen) atoms. The summed E-state index contributed by atoms with van der Waals surface area (Å²) in [6.45, 7) is 14.6. The quantitative estimate of drug-likeness (QED) is 0.764. The minimum Gasteiger partial charge on any atom is -0.444 e. The molecular formula is C14H24N2O2. The van der Waals surface area contributed by atoms with Crippen LogP contribution in [-0.2, 0) is 4.74 Å². The van der Waals surface area contributed by atoms with Crippen LogP contribution in [0.4, 0.5) is 4.79 Å². The molecule has 0 aromatic heterocycles. The molecule has 4 heteroatoms. The van der Waals surface area contributed by atoms with Gasteiger partial charge in [-0.15, -0.1) is 0 Å². The maximum atomic E-state index is 11.9. The number of ether oxygens (including phenoxy) is 1. The predicted octanol–water partition coefficient (Wildman–Crippen LogP) is 3.52. The first kappa shape index (κ1) is 14.8. The molecule has 102 valence electrons. The van der Waals surface area contributed by atoms with E-state index in [4.69, 9.17) is 11.3 Å². The Morgan fingerprint density at radius 3 is 2.33 bits per heavy atom. The third-order valence-electron chi connectivity index (χ3n) is 3.49. The van der Waals surface area contributed by atoms with E-state index in [-0.39, 0.29) is 6.04 Å². The molecule has 0 saturated heterocycles. The Labute approximate surface area is 110 Å². The largest absolute Gasteiger partial charge is 0.444 e. The molecule has 0 spiro atoms. The first-order chi connectivity index (χ1) is 8.29. The Bertz CT molecular complexity index is 333. The lowest BCUT2D eigenvalue weighted by molar-refractivity contribution is 0.0414. The van der Waals surface area contributed by atoms with Gasteiger partial charge >= 0.3 is 6.09 Å². The molecule has 4 nitrogen and oxygen atoms in total. The summed E-state index contributed by atoms with van der Waals surface area (Å²) in [5.41, 5.74) is -0.899. The van der Waals surface area contributed by atoms with Gasteiger partial charge in [-0.05, 0) is 33.6 Å². The number of hydrogen-bond acceptors (Lipinski definition) is 2. The molecule has 1 aliphatic rings. The fourth-order valence-corrected chi connectivity index (χ4v) is 2.46. The summed E-state index contributed by atoms with van der Waals surface area (Å²) < 4.78 is 5.31. The van der Waals surface area contributed by atoms with Gasteiger partial charge in [0.2, 0.25) is 6.04 Å². The van der Waals surface area contributed by atoms with Crippen molar-refractivity contribution in [2.45, 2.75) is 77.0 Å². The van der Waals surface area contributed by atoms with Crippen molar-refractivity contribution in [3.05, 3.63) is 11.4 Å². The Morgan fingerprint density at radius 2 is 1.89 bits per heavy atom. The average Bonchev–Trinajstić information content (AvgIpc) is 2.26. The van der Waals surface area contributed by atoms with Crippen LogP contribution in [0.25, 0.3) is 4.85 Å². The van der Waals surface area contributed by atoms with Crippen LogP contribution in [0, 0.1) is 6.57 Å². The van der Waals surface area contributed by atoms with E-state index in [0.717, 1.165) is 25.7 Å². The second-order valence-corrected chi connectivity index (χ2v) is 6.15. The highest BCUT2D eigenvalue weighted by Gasteiger charge is 2.43. The molecule has 0 bridgehead atoms. The zero-order valence-corrected chi connectivity index (χ0v) is 11.9. The molecule has 0 aliphatic heterocycles. The summed E-state index contributed by atoms with van der Waals surface area (Å²) in [5, 5.41) is 2.96. The summed E-state index contributed by atoms with van der Waals surface area (Å²) in [6.07, 6.45) is 4.65. The molecule has 1 aliphatic carbocycles. The first-order valence-electron chi connectivity index (χ1n) is 6.67. The highest BCUT2D eigenvalue weighted by atomic mass is 16.6. The Kier molecular flexibility index (Phi) is 4.61. The topological polar surface area (TPSA) is 42.7 Å². The van der Waals surface area contributed by atoms with Crippen LogP contribution in [-0.4, -0.2) is 23.3 Å². The van der Waals surface area contributed by atoms with Crippen LogP contribution in [0.5, 0.6) is 0 Å². The van der Waals surface area contributed by atoms with Gasteiger partial charge in [-0.25, -0.2) is 11.4 Å². The number of carbonyl (C=O) groups excluding carboxylic acids is 1. The van der Waals surface area contributed by atoms with Gasteiger partial charge in [-0.3, -0.25) is 0 Å². The van der Waals surface area contributed by atoms with Gasteiger partial charge in [0, 0.05) is 6.92 Å². The third kappa shape index (κ3) is 3.90. The summed E-state index contributed by atoms with van der Waals surface area (Å²) in [6, 6.07) is -0.203. The second-order valence-electron chi connectivity index (χ2n) is 6.15. The molecule has 0 aromatic rings. The third-order valence-corrected chi connectivity index (χ3v) is 3.49. The Hall–Kier alpha value is -1.24. The molecule has 1 unspecified atom stereocenters. The number of amides is 1. The smallest absolute Gasteiger partial charge is 0.408 e. The zero-order chi connectivity index (χ0) is 13.8. The van der Waals surface area contributed by atoms with Crippen molar-refractivity contribution in [3.8, 4) is 0 Å². The van der Waals surface area contributed by atoms with Crippen molar-refractivity contribution in [1.82, 2.24) is 5.32 Å². The molecule has 0 aromatic carbocycles. The lowest BCUT2D eigenvalue weighted by Crippen LogP contribution is -2.56. The van der Waals surface area contributed by atoms with E-state index in [1.807, 2.05) is 27.7 Å². The number of nitrogens with one attached hydrogen (secondary N) is 1. The van der Waals surface area contributed by atoms with Crippen molar-refractivity contribution < 1.29 is 9.53 Å². The van der Waals surface area contributed by atoms with Crippen molar-refractivity contribution in [3.63, 3.8) is 0 Å². The van der Waals surface area contributed by atoms with Crippen molar-refractivity contribution in [2.24, 2.45) is 0 Å². The average molecular weight is 252 g/mol. The van der Waals surface area contributed by atoms with Crippen LogP contribution in [0.15, 0.2) is 0 Å². The summed E-state index contributed by atoms with van der Waals surface area (Å²) in [7, 11) is 0. The molecule has 0 radical (unpaired) electrons. The van der Waals surface area contributed by atoms with Crippen LogP contribution >= 0.6 is 0 Å². The van der Waals surface area contributed by atoms with Crippen LogP contribution in [0.3, 0.4) is 0 Å². The molecule has 1 N–H and O–H groups in total. The summed E-state index contributed by atoms with van der Waals surface area (Å²) >= 11 is 0. The van der Waals surface area contributed by atoms with E-state index in [2.05, 4.69) is 10.2 Å². The number of alkyl carbamates (subject to hydrolysis) is 1. The van der Waals surface area contributed by atoms with E-state index in [1.54, 1.807) is 0 Å². The molecular weight excluding hydrogens is 228 g/mol. The van der Waals surface area contributed by atoms with Crippen molar-refractivity contribution >= 4 is 6.09 Å². The van der Waals surface area contributed by atoms with Gasteiger partial charge in [0.15, 0.2) is 0 Å². The number of carbonyl (C=O) groups is 1. The first-order valence-corrected chi connectivity index (χ1v) is 6.67. The Balaban J connectivity index is 2.74. The molecule has 1 saturated carbocycles. The van der Waals surface area contributed by atoms with Gasteiger partial charge in [0.05, 0.1) is 0 Å². The van der Waals surface area contributed by atoms with Crippen LogP contribution in [0.2, 0.25) is 0 Å². The Morgan fingerprint density at radius 1 is 1.33 bits per heavy atom. The molecule has 0 heterocycles. The van der Waals surface area contributed by atoms with E-state index in [0.29, 0.717) is 0 Å². The van der Waals surface area contributed by atoms with Crippen molar-refractivity contribution in [2.75, 3.05) is 0 Å². The monoisotopic (exact) mass is 252 g/mol. The lowest BCUT2D eigenvalue weighted by Gasteiger charge is -2.37. The molecule has 1 atom stereocenters. The van der Waals surface area contributed by atoms with E-state index in [1.165, 1.54) is 6.42 Å². The van der Waals surface area contributed by atoms with Gasteiger partial charge in [-0.1, -0.05) is 19.3 Å². The fraction of sp³-hybridized carbons (Fsp3) is 0.857. The molecule has 1 rings (SSSR count). The van der Waals surface area contributed by atoms with Gasteiger partial charge in [-0.2, -0.15) is 0 Å².